The summed E-state index contributed by atoms with van der Waals surface area (Å²) in [6.07, 6.45) is 5.34. The van der Waals surface area contributed by atoms with Crippen LogP contribution in [0.15, 0.2) is 43.0 Å². The van der Waals surface area contributed by atoms with E-state index in [1.54, 1.807) is 12.4 Å². The quantitative estimate of drug-likeness (QED) is 0.805. The van der Waals surface area contributed by atoms with Gasteiger partial charge in [0.05, 0.1) is 5.56 Å². The lowest BCUT2D eigenvalue weighted by atomic mass is 9.98. The Bertz CT molecular complexity index is 526. The zero-order valence-electron chi connectivity index (χ0n) is 10.3. The van der Waals surface area contributed by atoms with E-state index < -0.39 is 0 Å². The predicted molar refractivity (Wildman–Crippen MR) is 69.5 cm³/mol. The van der Waals surface area contributed by atoms with E-state index in [9.17, 15) is 4.79 Å². The van der Waals surface area contributed by atoms with Crippen LogP contribution in [-0.2, 0) is 6.42 Å². The minimum atomic E-state index is -0.0256. The molecular weight excluding hydrogens is 226 g/mol. The Kier molecular flexibility index (Phi) is 4.15. The number of ketones is 1. The highest BCUT2D eigenvalue weighted by Gasteiger charge is 2.13. The van der Waals surface area contributed by atoms with Crippen molar-refractivity contribution in [3.8, 4) is 0 Å². The number of hydrogen-bond donors (Lipinski definition) is 1. The van der Waals surface area contributed by atoms with Crippen LogP contribution in [0.3, 0.4) is 0 Å². The molecule has 0 saturated heterocycles. The van der Waals surface area contributed by atoms with E-state index in [0.29, 0.717) is 5.56 Å². The van der Waals surface area contributed by atoms with Gasteiger partial charge in [0.25, 0.3) is 0 Å². The number of aromatic nitrogens is 2. The summed E-state index contributed by atoms with van der Waals surface area (Å²) in [5, 5.41) is 3.09. The number of hydrogen-bond acceptors (Lipinski definition) is 4. The summed E-state index contributed by atoms with van der Waals surface area (Å²) in [4.78, 5) is 20.1. The van der Waals surface area contributed by atoms with Crippen LogP contribution in [0.2, 0.25) is 0 Å². The first-order valence-corrected chi connectivity index (χ1v) is 5.85. The molecule has 2 rings (SSSR count). The molecule has 0 radical (unpaired) electrons. The summed E-state index contributed by atoms with van der Waals surface area (Å²) >= 11 is 0. The fourth-order valence-electron chi connectivity index (χ4n) is 1.79. The molecule has 0 atom stereocenters. The lowest BCUT2D eigenvalue weighted by Crippen LogP contribution is -2.13. The average Bonchev–Trinajstić information content (AvgIpc) is 2.45. The van der Waals surface area contributed by atoms with E-state index in [4.69, 9.17) is 0 Å². The van der Waals surface area contributed by atoms with Crippen LogP contribution in [0.25, 0.3) is 0 Å². The molecule has 0 fully saturated rings. The smallest absolute Gasteiger partial charge is 0.196 e. The highest BCUT2D eigenvalue weighted by atomic mass is 16.1. The van der Waals surface area contributed by atoms with Crippen molar-refractivity contribution in [3.05, 3.63) is 59.7 Å². The van der Waals surface area contributed by atoms with Crippen molar-refractivity contribution in [2.24, 2.45) is 0 Å². The largest absolute Gasteiger partial charge is 0.319 e. The van der Waals surface area contributed by atoms with Gasteiger partial charge in [-0.1, -0.05) is 24.3 Å². The Balaban J connectivity index is 2.30. The van der Waals surface area contributed by atoms with Crippen molar-refractivity contribution in [1.29, 1.82) is 0 Å². The fraction of sp³-hybridized carbons (Fsp3) is 0.214. The number of likely N-dealkylation sites (N-methyl/N-ethyl adjacent to an activating group) is 1. The molecular formula is C14H15N3O. The van der Waals surface area contributed by atoms with Gasteiger partial charge in [-0.15, -0.1) is 0 Å². The molecule has 0 unspecified atom stereocenters. The summed E-state index contributed by atoms with van der Waals surface area (Å²) in [6.45, 7) is 0.843. The Hall–Kier alpha value is -2.07. The number of carbonyl (C=O) groups excluding carboxylic acids is 1. The fourth-order valence-corrected chi connectivity index (χ4v) is 1.79. The summed E-state index contributed by atoms with van der Waals surface area (Å²) in [5.41, 5.74) is 2.29. The zero-order valence-corrected chi connectivity index (χ0v) is 10.3. The van der Waals surface area contributed by atoms with E-state index in [1.165, 1.54) is 6.33 Å². The third kappa shape index (κ3) is 2.78. The van der Waals surface area contributed by atoms with Gasteiger partial charge < -0.3 is 5.32 Å². The van der Waals surface area contributed by atoms with Gasteiger partial charge in [0.2, 0.25) is 0 Å². The molecule has 0 aliphatic rings. The molecule has 1 aromatic heterocycles. The summed E-state index contributed by atoms with van der Waals surface area (Å²) in [7, 11) is 1.90. The molecule has 0 bridgehead atoms. The van der Waals surface area contributed by atoms with Crippen molar-refractivity contribution >= 4 is 5.78 Å². The minimum absolute atomic E-state index is 0.0256. The summed E-state index contributed by atoms with van der Waals surface area (Å²) in [5.74, 6) is -0.0256. The Morgan fingerprint density at radius 2 is 1.94 bits per heavy atom. The molecule has 0 aliphatic carbocycles. The molecule has 18 heavy (non-hydrogen) atoms. The topological polar surface area (TPSA) is 54.9 Å². The highest BCUT2D eigenvalue weighted by molar-refractivity contribution is 6.09. The summed E-state index contributed by atoms with van der Waals surface area (Å²) in [6, 6.07) is 7.65. The van der Waals surface area contributed by atoms with E-state index in [-0.39, 0.29) is 5.78 Å². The standard InChI is InChI=1S/C14H15N3O/c1-15-7-6-11-4-2-3-5-13(11)14(18)12-8-16-10-17-9-12/h2-5,8-10,15H,6-7H2,1H3. The van der Waals surface area contributed by atoms with Gasteiger partial charge in [0.1, 0.15) is 6.33 Å². The first kappa shape index (κ1) is 12.4. The molecule has 2 aromatic rings. The lowest BCUT2D eigenvalue weighted by Gasteiger charge is -2.08. The van der Waals surface area contributed by atoms with Crippen LogP contribution < -0.4 is 5.32 Å². The molecule has 0 saturated carbocycles. The molecule has 1 N–H and O–H groups in total. The maximum atomic E-state index is 12.3. The number of nitrogens with one attached hydrogen (secondary N) is 1. The van der Waals surface area contributed by atoms with Crippen molar-refractivity contribution in [3.63, 3.8) is 0 Å². The van der Waals surface area contributed by atoms with Crippen LogP contribution in [0, 0.1) is 0 Å². The maximum absolute atomic E-state index is 12.3. The van der Waals surface area contributed by atoms with Crippen LogP contribution in [-0.4, -0.2) is 29.3 Å². The third-order valence-corrected chi connectivity index (χ3v) is 2.73. The highest BCUT2D eigenvalue weighted by Crippen LogP contribution is 2.14. The van der Waals surface area contributed by atoms with Gasteiger partial charge in [-0.25, -0.2) is 9.97 Å². The Morgan fingerprint density at radius 1 is 1.22 bits per heavy atom. The van der Waals surface area contributed by atoms with Crippen LogP contribution in [0.1, 0.15) is 21.5 Å². The molecule has 4 nitrogen and oxygen atoms in total. The van der Waals surface area contributed by atoms with Crippen LogP contribution >= 0.6 is 0 Å². The number of benzene rings is 1. The van der Waals surface area contributed by atoms with Crippen molar-refractivity contribution in [2.45, 2.75) is 6.42 Å². The second-order valence-electron chi connectivity index (χ2n) is 3.97. The predicted octanol–water partition coefficient (Wildman–Crippen LogP) is 1.47. The normalized spacial score (nSPS) is 10.3. The first-order valence-electron chi connectivity index (χ1n) is 5.85. The van der Waals surface area contributed by atoms with E-state index in [1.807, 2.05) is 31.3 Å². The van der Waals surface area contributed by atoms with Gasteiger partial charge in [-0.2, -0.15) is 0 Å². The Morgan fingerprint density at radius 3 is 2.67 bits per heavy atom. The maximum Gasteiger partial charge on any atom is 0.196 e. The van der Waals surface area contributed by atoms with E-state index >= 15 is 0 Å². The summed E-state index contributed by atoms with van der Waals surface area (Å²) < 4.78 is 0. The van der Waals surface area contributed by atoms with E-state index in [0.717, 1.165) is 24.1 Å². The van der Waals surface area contributed by atoms with E-state index in [2.05, 4.69) is 15.3 Å². The monoisotopic (exact) mass is 241 g/mol. The molecule has 4 heteroatoms. The molecule has 92 valence electrons. The molecule has 0 amide bonds. The van der Waals surface area contributed by atoms with Gasteiger partial charge in [0.15, 0.2) is 5.78 Å². The van der Waals surface area contributed by atoms with Crippen molar-refractivity contribution < 1.29 is 4.79 Å². The zero-order chi connectivity index (χ0) is 12.8. The second-order valence-corrected chi connectivity index (χ2v) is 3.97. The first-order chi connectivity index (χ1) is 8.83. The second kappa shape index (κ2) is 6.02. The minimum Gasteiger partial charge on any atom is -0.319 e. The van der Waals surface area contributed by atoms with Gasteiger partial charge in [0, 0.05) is 18.0 Å². The van der Waals surface area contributed by atoms with Crippen molar-refractivity contribution in [1.82, 2.24) is 15.3 Å². The number of carbonyl (C=O) groups is 1. The van der Waals surface area contributed by atoms with Crippen molar-refractivity contribution in [2.75, 3.05) is 13.6 Å². The van der Waals surface area contributed by atoms with Crippen LogP contribution in [0.4, 0.5) is 0 Å². The SMILES string of the molecule is CNCCc1ccccc1C(=O)c1cncnc1. The molecule has 1 aromatic carbocycles. The average molecular weight is 241 g/mol. The van der Waals surface area contributed by atoms with Gasteiger partial charge >= 0.3 is 0 Å². The number of rotatable bonds is 5. The molecule has 0 spiro atoms. The van der Waals surface area contributed by atoms with Gasteiger partial charge in [-0.05, 0) is 25.6 Å². The van der Waals surface area contributed by atoms with Gasteiger partial charge in [-0.3, -0.25) is 4.79 Å². The molecule has 0 aliphatic heterocycles. The van der Waals surface area contributed by atoms with Crippen LogP contribution in [0.5, 0.6) is 0 Å². The number of nitrogens with zero attached hydrogens (tertiary/aromatic N) is 2. The Labute approximate surface area is 106 Å². The third-order valence-electron chi connectivity index (χ3n) is 2.73. The molecule has 1 heterocycles. The lowest BCUT2D eigenvalue weighted by molar-refractivity contribution is 0.103.